The van der Waals surface area contributed by atoms with Crippen molar-refractivity contribution in [2.75, 3.05) is 12.3 Å². The van der Waals surface area contributed by atoms with Crippen LogP contribution in [0.25, 0.3) is 11.0 Å². The molecule has 1 aliphatic rings. The van der Waals surface area contributed by atoms with Crippen LogP contribution < -0.4 is 11.2 Å². The molecule has 31 heavy (non-hydrogen) atoms. The highest BCUT2D eigenvalue weighted by atomic mass is 32.2. The van der Waals surface area contributed by atoms with E-state index in [9.17, 15) is 14.4 Å². The third kappa shape index (κ3) is 4.71. The Morgan fingerprint density at radius 1 is 1.10 bits per heavy atom. The fourth-order valence-electron chi connectivity index (χ4n) is 4.11. The SMILES string of the molecule is CCN(C(=O)CSc1nc(C(C)(C)C)nc2c1c(=O)n(C)c(=O)n2C)C1CCCCC1. The Labute approximate surface area is 187 Å². The number of amides is 1. The molecular weight excluding hydrogens is 414 g/mol. The van der Waals surface area contributed by atoms with Crippen molar-refractivity contribution in [2.45, 2.75) is 76.3 Å². The summed E-state index contributed by atoms with van der Waals surface area (Å²) < 4.78 is 2.44. The zero-order valence-electron chi connectivity index (χ0n) is 19.4. The van der Waals surface area contributed by atoms with Crippen LogP contribution in [0.1, 0.15) is 65.6 Å². The molecule has 8 nitrogen and oxygen atoms in total. The third-order valence-electron chi connectivity index (χ3n) is 5.95. The van der Waals surface area contributed by atoms with Crippen LogP contribution in [-0.4, -0.2) is 48.2 Å². The number of fused-ring (bicyclic) bond motifs is 1. The lowest BCUT2D eigenvalue weighted by molar-refractivity contribution is -0.131. The van der Waals surface area contributed by atoms with Crippen LogP contribution >= 0.6 is 11.8 Å². The molecule has 3 rings (SSSR count). The van der Waals surface area contributed by atoms with E-state index in [1.54, 1.807) is 7.05 Å². The molecule has 0 radical (unpaired) electrons. The maximum absolute atomic E-state index is 13.1. The molecule has 1 fully saturated rings. The Balaban J connectivity index is 2.01. The Morgan fingerprint density at radius 2 is 1.74 bits per heavy atom. The van der Waals surface area contributed by atoms with E-state index >= 15 is 0 Å². The van der Waals surface area contributed by atoms with Crippen LogP contribution in [-0.2, 0) is 24.3 Å². The molecule has 1 aliphatic carbocycles. The van der Waals surface area contributed by atoms with Crippen LogP contribution in [0.5, 0.6) is 0 Å². The summed E-state index contributed by atoms with van der Waals surface area (Å²) in [6, 6.07) is 0.299. The van der Waals surface area contributed by atoms with Gasteiger partial charge in [-0.15, -0.1) is 0 Å². The van der Waals surface area contributed by atoms with Crippen molar-refractivity contribution in [3.63, 3.8) is 0 Å². The molecule has 1 saturated carbocycles. The maximum Gasteiger partial charge on any atom is 0.332 e. The molecule has 0 unspecified atom stereocenters. The largest absolute Gasteiger partial charge is 0.339 e. The predicted octanol–water partition coefficient (Wildman–Crippen LogP) is 2.60. The van der Waals surface area contributed by atoms with Crippen molar-refractivity contribution in [3.8, 4) is 0 Å². The third-order valence-corrected chi connectivity index (χ3v) is 6.91. The zero-order chi connectivity index (χ0) is 22.9. The second-order valence-electron chi connectivity index (χ2n) is 9.27. The standard InChI is InChI=1S/C22H33N5O3S/c1-7-27(14-11-9-8-10-12-14)15(28)13-31-18-16-17(23-20(24-18)22(2,3)4)25(5)21(30)26(6)19(16)29/h14H,7-13H2,1-6H3. The van der Waals surface area contributed by atoms with Gasteiger partial charge in [0.1, 0.15) is 16.2 Å². The normalized spacial score (nSPS) is 15.4. The number of rotatable bonds is 5. The van der Waals surface area contributed by atoms with Gasteiger partial charge < -0.3 is 4.90 Å². The number of carbonyl (C=O) groups excluding carboxylic acids is 1. The molecule has 0 atom stereocenters. The summed E-state index contributed by atoms with van der Waals surface area (Å²) >= 11 is 1.26. The van der Waals surface area contributed by atoms with Crippen LogP contribution in [0.2, 0.25) is 0 Å². The topological polar surface area (TPSA) is 90.1 Å². The smallest absolute Gasteiger partial charge is 0.332 e. The highest BCUT2D eigenvalue weighted by Gasteiger charge is 2.27. The predicted molar refractivity (Wildman–Crippen MR) is 124 cm³/mol. The van der Waals surface area contributed by atoms with Gasteiger partial charge in [-0.25, -0.2) is 14.8 Å². The lowest BCUT2D eigenvalue weighted by Gasteiger charge is -2.33. The van der Waals surface area contributed by atoms with Gasteiger partial charge >= 0.3 is 5.69 Å². The molecule has 0 aromatic carbocycles. The fraction of sp³-hybridized carbons (Fsp3) is 0.682. The maximum atomic E-state index is 13.1. The van der Waals surface area contributed by atoms with Crippen LogP contribution in [0.15, 0.2) is 14.6 Å². The minimum Gasteiger partial charge on any atom is -0.339 e. The first-order chi connectivity index (χ1) is 14.6. The van der Waals surface area contributed by atoms with Crippen LogP contribution in [0, 0.1) is 0 Å². The Hall–Kier alpha value is -2.16. The first-order valence-electron chi connectivity index (χ1n) is 11.0. The van der Waals surface area contributed by atoms with E-state index in [4.69, 9.17) is 0 Å². The molecule has 170 valence electrons. The quantitative estimate of drug-likeness (QED) is 0.517. The fourth-order valence-corrected chi connectivity index (χ4v) is 5.01. The number of aromatic nitrogens is 4. The van der Waals surface area contributed by atoms with Gasteiger partial charge in [-0.3, -0.25) is 18.7 Å². The minimum absolute atomic E-state index is 0.0603. The molecule has 0 spiro atoms. The average molecular weight is 448 g/mol. The summed E-state index contributed by atoms with van der Waals surface area (Å²) in [6.07, 6.45) is 5.67. The van der Waals surface area contributed by atoms with Gasteiger partial charge in [0, 0.05) is 32.1 Å². The zero-order valence-corrected chi connectivity index (χ0v) is 20.2. The lowest BCUT2D eigenvalue weighted by Crippen LogP contribution is -2.42. The highest BCUT2D eigenvalue weighted by molar-refractivity contribution is 8.00. The van der Waals surface area contributed by atoms with Gasteiger partial charge in [0.15, 0.2) is 5.65 Å². The summed E-state index contributed by atoms with van der Waals surface area (Å²) in [5.41, 5.74) is -0.935. The van der Waals surface area contributed by atoms with Gasteiger partial charge in [0.05, 0.1) is 5.75 Å². The van der Waals surface area contributed by atoms with Gasteiger partial charge in [0.2, 0.25) is 5.91 Å². The van der Waals surface area contributed by atoms with Gasteiger partial charge in [0.25, 0.3) is 5.56 Å². The summed E-state index contributed by atoms with van der Waals surface area (Å²) in [5, 5.41) is 0.746. The van der Waals surface area contributed by atoms with Crippen LogP contribution in [0.4, 0.5) is 0 Å². The van der Waals surface area contributed by atoms with Crippen molar-refractivity contribution in [3.05, 3.63) is 26.7 Å². The number of aryl methyl sites for hydroxylation is 1. The monoisotopic (exact) mass is 447 g/mol. The molecule has 2 aromatic rings. The van der Waals surface area contributed by atoms with Crippen molar-refractivity contribution in [1.29, 1.82) is 0 Å². The first kappa shape index (κ1) is 23.5. The van der Waals surface area contributed by atoms with Gasteiger partial charge in [-0.2, -0.15) is 0 Å². The molecule has 0 N–H and O–H groups in total. The minimum atomic E-state index is -0.437. The summed E-state index contributed by atoms with van der Waals surface area (Å²) in [5.74, 6) is 0.800. The Kier molecular flexibility index (Phi) is 6.93. The van der Waals surface area contributed by atoms with E-state index in [0.717, 1.165) is 30.3 Å². The van der Waals surface area contributed by atoms with E-state index in [1.165, 1.54) is 29.8 Å². The van der Waals surface area contributed by atoms with E-state index in [1.807, 2.05) is 32.6 Å². The van der Waals surface area contributed by atoms with Crippen molar-refractivity contribution in [2.24, 2.45) is 14.1 Å². The van der Waals surface area contributed by atoms with Crippen LogP contribution in [0.3, 0.4) is 0 Å². The molecule has 0 saturated heterocycles. The van der Waals surface area contributed by atoms with E-state index in [-0.39, 0.29) is 22.5 Å². The Morgan fingerprint density at radius 3 is 2.32 bits per heavy atom. The Bertz CT molecular complexity index is 1090. The summed E-state index contributed by atoms with van der Waals surface area (Å²) in [6.45, 7) is 8.64. The molecule has 2 heterocycles. The number of hydrogen-bond donors (Lipinski definition) is 0. The van der Waals surface area contributed by atoms with E-state index in [2.05, 4.69) is 9.97 Å². The molecule has 2 aromatic heterocycles. The molecule has 0 aliphatic heterocycles. The van der Waals surface area contributed by atoms with Crippen molar-refractivity contribution in [1.82, 2.24) is 24.0 Å². The van der Waals surface area contributed by atoms with E-state index < -0.39 is 11.2 Å². The van der Waals surface area contributed by atoms with Gasteiger partial charge in [-0.05, 0) is 19.8 Å². The highest BCUT2D eigenvalue weighted by Crippen LogP contribution is 2.28. The van der Waals surface area contributed by atoms with Gasteiger partial charge in [-0.1, -0.05) is 51.8 Å². The molecule has 1 amide bonds. The lowest BCUT2D eigenvalue weighted by atomic mass is 9.94. The summed E-state index contributed by atoms with van der Waals surface area (Å²) in [4.78, 5) is 49.6. The second kappa shape index (κ2) is 9.14. The van der Waals surface area contributed by atoms with Crippen molar-refractivity contribution < 1.29 is 4.79 Å². The van der Waals surface area contributed by atoms with E-state index in [0.29, 0.717) is 29.1 Å². The second-order valence-corrected chi connectivity index (χ2v) is 10.2. The number of thioether (sulfide) groups is 1. The number of hydrogen-bond acceptors (Lipinski definition) is 6. The molecule has 0 bridgehead atoms. The first-order valence-corrected chi connectivity index (χ1v) is 11.9. The molecular formula is C22H33N5O3S. The summed E-state index contributed by atoms with van der Waals surface area (Å²) in [7, 11) is 3.05. The number of nitrogens with zero attached hydrogens (tertiary/aromatic N) is 5. The average Bonchev–Trinajstić information content (AvgIpc) is 2.74. The van der Waals surface area contributed by atoms with Crippen molar-refractivity contribution >= 4 is 28.7 Å². The molecule has 9 heteroatoms. The number of carbonyl (C=O) groups is 1.